The number of carbonyl (C=O) groups is 1. The van der Waals surface area contributed by atoms with Gasteiger partial charge in [-0.1, -0.05) is 26.8 Å². The fourth-order valence-corrected chi connectivity index (χ4v) is 4.57. The van der Waals surface area contributed by atoms with Crippen LogP contribution in [-0.2, 0) is 20.2 Å². The van der Waals surface area contributed by atoms with Crippen molar-refractivity contribution in [3.63, 3.8) is 0 Å². The van der Waals surface area contributed by atoms with E-state index in [-0.39, 0.29) is 22.8 Å². The predicted molar refractivity (Wildman–Crippen MR) is 137 cm³/mol. The van der Waals surface area contributed by atoms with Crippen LogP contribution in [0.25, 0.3) is 0 Å². The van der Waals surface area contributed by atoms with Gasteiger partial charge in [-0.3, -0.25) is 9.52 Å². The van der Waals surface area contributed by atoms with Crippen molar-refractivity contribution in [3.05, 3.63) is 76.8 Å². The fourth-order valence-electron chi connectivity index (χ4n) is 3.02. The third kappa shape index (κ3) is 6.74. The number of benzene rings is 3. The number of ether oxygens (including phenoxy) is 2. The molecule has 0 unspecified atom stereocenters. The van der Waals surface area contributed by atoms with Gasteiger partial charge in [-0.05, 0) is 87.6 Å². The van der Waals surface area contributed by atoms with Crippen molar-refractivity contribution in [3.8, 4) is 11.5 Å². The highest BCUT2D eigenvalue weighted by Gasteiger charge is 2.17. The molecule has 0 aromatic heterocycles. The normalized spacial score (nSPS) is 11.6. The summed E-state index contributed by atoms with van der Waals surface area (Å²) in [5.41, 5.74) is 2.02. The number of nitrogens with one attached hydrogen (secondary N) is 2. The van der Waals surface area contributed by atoms with E-state index in [1.807, 2.05) is 18.2 Å². The highest BCUT2D eigenvalue weighted by atomic mass is 79.9. The van der Waals surface area contributed by atoms with Crippen LogP contribution in [0.3, 0.4) is 0 Å². The highest BCUT2D eigenvalue weighted by molar-refractivity contribution is 9.10. The molecule has 3 aromatic carbocycles. The maximum atomic E-state index is 12.6. The van der Waals surface area contributed by atoms with E-state index in [1.54, 1.807) is 24.3 Å². The maximum Gasteiger partial charge on any atom is 0.262 e. The van der Waals surface area contributed by atoms with Crippen LogP contribution < -0.4 is 19.5 Å². The lowest BCUT2D eigenvalue weighted by Gasteiger charge is -2.20. The standard InChI is InChI=1S/C25H27BrN2O5S/c1-25(2,3)17-5-14-23(22(26)15-17)33-16-24(29)27-18-8-12-21(13-9-18)34(30,31)28-19-6-10-20(32-4)11-7-19/h5-15,28H,16H2,1-4H3,(H,27,29). The predicted octanol–water partition coefficient (Wildman–Crippen LogP) is 5.57. The number of halogens is 1. The van der Waals surface area contributed by atoms with Gasteiger partial charge >= 0.3 is 0 Å². The van der Waals surface area contributed by atoms with Gasteiger partial charge in [0.05, 0.1) is 16.5 Å². The summed E-state index contributed by atoms with van der Waals surface area (Å²) in [5, 5.41) is 2.70. The van der Waals surface area contributed by atoms with Gasteiger partial charge in [0.2, 0.25) is 0 Å². The van der Waals surface area contributed by atoms with Crippen molar-refractivity contribution in [2.75, 3.05) is 23.8 Å². The molecule has 0 heterocycles. The molecule has 0 saturated carbocycles. The topological polar surface area (TPSA) is 93.7 Å². The Morgan fingerprint density at radius 1 is 0.941 bits per heavy atom. The number of amides is 1. The first-order valence-electron chi connectivity index (χ1n) is 10.5. The van der Waals surface area contributed by atoms with E-state index in [0.29, 0.717) is 22.9 Å². The molecule has 7 nitrogen and oxygen atoms in total. The zero-order valence-corrected chi connectivity index (χ0v) is 21.8. The number of anilines is 2. The van der Waals surface area contributed by atoms with Crippen LogP contribution in [0.5, 0.6) is 11.5 Å². The molecule has 0 aliphatic rings. The molecule has 9 heteroatoms. The molecule has 34 heavy (non-hydrogen) atoms. The second-order valence-corrected chi connectivity index (χ2v) is 11.1. The van der Waals surface area contributed by atoms with Crippen LogP contribution in [0.2, 0.25) is 0 Å². The van der Waals surface area contributed by atoms with Gasteiger partial charge in [0.1, 0.15) is 11.5 Å². The number of hydrogen-bond donors (Lipinski definition) is 2. The monoisotopic (exact) mass is 546 g/mol. The molecule has 0 aliphatic heterocycles. The van der Waals surface area contributed by atoms with E-state index in [2.05, 4.69) is 46.7 Å². The fraction of sp³-hybridized carbons (Fsp3) is 0.240. The first-order chi connectivity index (χ1) is 16.0. The molecule has 0 fully saturated rings. The summed E-state index contributed by atoms with van der Waals surface area (Å²) in [6, 6.07) is 18.2. The lowest BCUT2D eigenvalue weighted by Crippen LogP contribution is -2.20. The Bertz CT molecular complexity index is 1250. The molecule has 0 bridgehead atoms. The van der Waals surface area contributed by atoms with Crippen LogP contribution in [0.1, 0.15) is 26.3 Å². The lowest BCUT2D eigenvalue weighted by atomic mass is 9.87. The minimum absolute atomic E-state index is 0.00221. The molecular weight excluding hydrogens is 520 g/mol. The Labute approximate surface area is 208 Å². The molecule has 0 atom stereocenters. The van der Waals surface area contributed by atoms with E-state index < -0.39 is 10.0 Å². The van der Waals surface area contributed by atoms with Crippen LogP contribution in [-0.4, -0.2) is 28.0 Å². The quantitative estimate of drug-likeness (QED) is 0.385. The summed E-state index contributed by atoms with van der Waals surface area (Å²) in [4.78, 5) is 12.4. The number of methoxy groups -OCH3 is 1. The van der Waals surface area contributed by atoms with Crippen LogP contribution in [0.4, 0.5) is 11.4 Å². The SMILES string of the molecule is COc1ccc(NS(=O)(=O)c2ccc(NC(=O)COc3ccc(C(C)(C)C)cc3Br)cc2)cc1. The molecule has 0 aliphatic carbocycles. The Balaban J connectivity index is 1.58. The molecule has 0 radical (unpaired) electrons. The zero-order valence-electron chi connectivity index (χ0n) is 19.4. The van der Waals surface area contributed by atoms with Gasteiger partial charge in [0.25, 0.3) is 15.9 Å². The van der Waals surface area contributed by atoms with Crippen molar-refractivity contribution in [2.45, 2.75) is 31.1 Å². The van der Waals surface area contributed by atoms with Gasteiger partial charge in [-0.25, -0.2) is 8.42 Å². The van der Waals surface area contributed by atoms with Gasteiger partial charge < -0.3 is 14.8 Å². The number of hydrogen-bond acceptors (Lipinski definition) is 5. The molecular formula is C25H27BrN2O5S. The molecule has 0 spiro atoms. The van der Waals surface area contributed by atoms with E-state index in [4.69, 9.17) is 9.47 Å². The van der Waals surface area contributed by atoms with Crippen molar-refractivity contribution in [2.24, 2.45) is 0 Å². The van der Waals surface area contributed by atoms with Crippen LogP contribution in [0.15, 0.2) is 76.1 Å². The number of rotatable bonds is 8. The van der Waals surface area contributed by atoms with Crippen molar-refractivity contribution < 1.29 is 22.7 Å². The van der Waals surface area contributed by atoms with E-state index in [9.17, 15) is 13.2 Å². The largest absolute Gasteiger partial charge is 0.497 e. The number of carbonyl (C=O) groups excluding carboxylic acids is 1. The zero-order chi connectivity index (χ0) is 24.9. The Kier molecular flexibility index (Phi) is 7.89. The molecule has 180 valence electrons. The minimum atomic E-state index is -3.78. The second-order valence-electron chi connectivity index (χ2n) is 8.59. The highest BCUT2D eigenvalue weighted by Crippen LogP contribution is 2.31. The second kappa shape index (κ2) is 10.5. The Morgan fingerprint density at radius 3 is 2.12 bits per heavy atom. The summed E-state index contributed by atoms with van der Waals surface area (Å²) in [6.07, 6.45) is 0. The first-order valence-corrected chi connectivity index (χ1v) is 12.8. The van der Waals surface area contributed by atoms with Crippen LogP contribution in [0, 0.1) is 0 Å². The molecule has 0 saturated heterocycles. The first kappa shape index (κ1) is 25.6. The van der Waals surface area contributed by atoms with Gasteiger partial charge in [-0.2, -0.15) is 0 Å². The van der Waals surface area contributed by atoms with E-state index >= 15 is 0 Å². The van der Waals surface area contributed by atoms with Gasteiger partial charge in [-0.15, -0.1) is 0 Å². The third-order valence-electron chi connectivity index (χ3n) is 4.95. The smallest absolute Gasteiger partial charge is 0.262 e. The molecule has 2 N–H and O–H groups in total. The average Bonchev–Trinajstić information content (AvgIpc) is 2.78. The van der Waals surface area contributed by atoms with E-state index in [0.717, 1.165) is 10.0 Å². The third-order valence-corrected chi connectivity index (χ3v) is 6.96. The Morgan fingerprint density at radius 2 is 1.56 bits per heavy atom. The summed E-state index contributed by atoms with van der Waals surface area (Å²) in [5.74, 6) is 0.828. The van der Waals surface area contributed by atoms with Crippen molar-refractivity contribution >= 4 is 43.2 Å². The van der Waals surface area contributed by atoms with Crippen molar-refractivity contribution in [1.29, 1.82) is 0 Å². The Hall–Kier alpha value is -3.04. The number of sulfonamides is 1. The summed E-state index contributed by atoms with van der Waals surface area (Å²) < 4.78 is 39.2. The van der Waals surface area contributed by atoms with Crippen molar-refractivity contribution in [1.82, 2.24) is 0 Å². The molecule has 3 aromatic rings. The lowest BCUT2D eigenvalue weighted by molar-refractivity contribution is -0.118. The maximum absolute atomic E-state index is 12.6. The molecule has 1 amide bonds. The van der Waals surface area contributed by atoms with E-state index in [1.165, 1.54) is 31.4 Å². The summed E-state index contributed by atoms with van der Waals surface area (Å²) >= 11 is 3.49. The summed E-state index contributed by atoms with van der Waals surface area (Å²) in [7, 11) is -2.24. The van der Waals surface area contributed by atoms with Crippen LogP contribution >= 0.6 is 15.9 Å². The molecule has 3 rings (SSSR count). The summed E-state index contributed by atoms with van der Waals surface area (Å²) in [6.45, 7) is 6.17. The van der Waals surface area contributed by atoms with Gasteiger partial charge in [0, 0.05) is 11.4 Å². The average molecular weight is 547 g/mol. The van der Waals surface area contributed by atoms with Gasteiger partial charge in [0.15, 0.2) is 6.61 Å². The minimum Gasteiger partial charge on any atom is -0.497 e.